The highest BCUT2D eigenvalue weighted by atomic mass is 16.1. The van der Waals surface area contributed by atoms with Gasteiger partial charge in [0.1, 0.15) is 0 Å². The summed E-state index contributed by atoms with van der Waals surface area (Å²) in [5.41, 5.74) is 1.48. The third kappa shape index (κ3) is 3.70. The Bertz CT molecular complexity index is 324. The molecular formula is C14H18O. The largest absolute Gasteiger partial charge is 0.289 e. The van der Waals surface area contributed by atoms with Gasteiger partial charge in [-0.15, -0.1) is 0 Å². The van der Waals surface area contributed by atoms with E-state index in [0.29, 0.717) is 0 Å². The van der Waals surface area contributed by atoms with Crippen molar-refractivity contribution in [3.05, 3.63) is 48.0 Å². The van der Waals surface area contributed by atoms with Crippen LogP contribution in [0.2, 0.25) is 0 Å². The minimum atomic E-state index is 0.0895. The van der Waals surface area contributed by atoms with Gasteiger partial charge in [0.25, 0.3) is 0 Å². The smallest absolute Gasteiger partial charge is 0.188 e. The first kappa shape index (κ1) is 11.7. The summed E-state index contributed by atoms with van der Waals surface area (Å²) in [6, 6.07) is 9.36. The molecule has 0 aromatic heterocycles. The molecule has 15 heavy (non-hydrogen) atoms. The molecule has 0 fully saturated rings. The molecule has 0 aliphatic heterocycles. The molecule has 0 atom stereocenters. The fourth-order valence-corrected chi connectivity index (χ4v) is 1.50. The average molecular weight is 202 g/mol. The molecule has 1 aromatic carbocycles. The minimum absolute atomic E-state index is 0.0895. The van der Waals surface area contributed by atoms with Crippen molar-refractivity contribution in [2.24, 2.45) is 0 Å². The summed E-state index contributed by atoms with van der Waals surface area (Å²) in [5.74, 6) is 0.0895. The Balaban J connectivity index is 2.50. The lowest BCUT2D eigenvalue weighted by Crippen LogP contribution is -2.02. The quantitative estimate of drug-likeness (QED) is 0.387. The summed E-state index contributed by atoms with van der Waals surface area (Å²) in [6.45, 7) is 6.01. The molecule has 0 N–H and O–H groups in total. The minimum Gasteiger partial charge on any atom is -0.289 e. The molecule has 0 aliphatic rings. The van der Waals surface area contributed by atoms with Gasteiger partial charge >= 0.3 is 0 Å². The van der Waals surface area contributed by atoms with E-state index in [4.69, 9.17) is 0 Å². The van der Waals surface area contributed by atoms with Crippen molar-refractivity contribution in [2.45, 2.75) is 32.6 Å². The van der Waals surface area contributed by atoms with E-state index in [-0.39, 0.29) is 5.78 Å². The SMILES string of the molecule is C=C(CCCCC)C(=O)c1ccccc1. The molecule has 0 heterocycles. The first-order valence-corrected chi connectivity index (χ1v) is 5.53. The lowest BCUT2D eigenvalue weighted by Gasteiger charge is -2.04. The maximum atomic E-state index is 11.8. The number of hydrogen-bond acceptors (Lipinski definition) is 1. The molecule has 0 spiro atoms. The number of hydrogen-bond donors (Lipinski definition) is 0. The van der Waals surface area contributed by atoms with Gasteiger partial charge in [-0.1, -0.05) is 56.7 Å². The number of Topliss-reactive ketones (excluding diaryl/α,β-unsaturated/α-hetero) is 1. The second-order valence-corrected chi connectivity index (χ2v) is 3.76. The Labute approximate surface area is 91.8 Å². The number of ketones is 1. The van der Waals surface area contributed by atoms with E-state index in [1.165, 1.54) is 12.8 Å². The van der Waals surface area contributed by atoms with Gasteiger partial charge in [0, 0.05) is 5.56 Å². The molecule has 1 heteroatoms. The lowest BCUT2D eigenvalue weighted by atomic mass is 10.00. The standard InChI is InChI=1S/C14H18O/c1-3-4-6-9-12(2)14(15)13-10-7-5-8-11-13/h5,7-8,10-11H,2-4,6,9H2,1H3. The Morgan fingerprint density at radius 1 is 1.20 bits per heavy atom. The maximum Gasteiger partial charge on any atom is 0.188 e. The number of carbonyl (C=O) groups excluding carboxylic acids is 1. The first-order valence-electron chi connectivity index (χ1n) is 5.53. The van der Waals surface area contributed by atoms with Crippen LogP contribution in [0, 0.1) is 0 Å². The van der Waals surface area contributed by atoms with Crippen LogP contribution in [0.1, 0.15) is 43.0 Å². The predicted octanol–water partition coefficient (Wildman–Crippen LogP) is 4.01. The zero-order valence-corrected chi connectivity index (χ0v) is 9.33. The molecule has 1 aromatic rings. The van der Waals surface area contributed by atoms with Gasteiger partial charge in [-0.25, -0.2) is 0 Å². The van der Waals surface area contributed by atoms with Crippen molar-refractivity contribution >= 4 is 5.78 Å². The van der Waals surface area contributed by atoms with Crippen LogP contribution in [0.3, 0.4) is 0 Å². The zero-order chi connectivity index (χ0) is 11.1. The van der Waals surface area contributed by atoms with Crippen molar-refractivity contribution in [1.82, 2.24) is 0 Å². The molecule has 80 valence electrons. The number of rotatable bonds is 6. The molecule has 1 nitrogen and oxygen atoms in total. The molecule has 0 bridgehead atoms. The lowest BCUT2D eigenvalue weighted by molar-refractivity contribution is 0.103. The third-order valence-electron chi connectivity index (χ3n) is 2.44. The fraction of sp³-hybridized carbons (Fsp3) is 0.357. The van der Waals surface area contributed by atoms with Gasteiger partial charge < -0.3 is 0 Å². The maximum absolute atomic E-state index is 11.8. The summed E-state index contributed by atoms with van der Waals surface area (Å²) in [7, 11) is 0. The van der Waals surface area contributed by atoms with Gasteiger partial charge in [0.2, 0.25) is 0 Å². The van der Waals surface area contributed by atoms with Gasteiger partial charge in [0.15, 0.2) is 5.78 Å². The van der Waals surface area contributed by atoms with E-state index in [1.807, 2.05) is 30.3 Å². The summed E-state index contributed by atoms with van der Waals surface area (Å²) < 4.78 is 0. The molecule has 0 unspecified atom stereocenters. The van der Waals surface area contributed by atoms with Crippen LogP contribution in [-0.2, 0) is 0 Å². The van der Waals surface area contributed by atoms with Crippen LogP contribution in [0.15, 0.2) is 42.5 Å². The second-order valence-electron chi connectivity index (χ2n) is 3.76. The zero-order valence-electron chi connectivity index (χ0n) is 9.33. The van der Waals surface area contributed by atoms with Gasteiger partial charge in [-0.3, -0.25) is 4.79 Å². The number of carbonyl (C=O) groups is 1. The van der Waals surface area contributed by atoms with Crippen LogP contribution >= 0.6 is 0 Å². The summed E-state index contributed by atoms with van der Waals surface area (Å²) >= 11 is 0. The van der Waals surface area contributed by atoms with Gasteiger partial charge in [0.05, 0.1) is 0 Å². The molecule has 0 radical (unpaired) electrons. The Kier molecular flexibility index (Phi) is 4.82. The first-order chi connectivity index (χ1) is 7.25. The topological polar surface area (TPSA) is 17.1 Å². The highest BCUT2D eigenvalue weighted by molar-refractivity contribution is 6.08. The van der Waals surface area contributed by atoms with E-state index in [0.717, 1.165) is 24.0 Å². The Morgan fingerprint density at radius 3 is 2.47 bits per heavy atom. The van der Waals surface area contributed by atoms with E-state index in [2.05, 4.69) is 13.5 Å². The fourth-order valence-electron chi connectivity index (χ4n) is 1.50. The molecule has 1 rings (SSSR count). The van der Waals surface area contributed by atoms with Crippen LogP contribution in [0.25, 0.3) is 0 Å². The van der Waals surface area contributed by atoms with Crippen molar-refractivity contribution in [1.29, 1.82) is 0 Å². The second kappa shape index (κ2) is 6.18. The molecule has 0 aliphatic carbocycles. The average Bonchev–Trinajstić information content (AvgIpc) is 2.29. The third-order valence-corrected chi connectivity index (χ3v) is 2.44. The van der Waals surface area contributed by atoms with E-state index >= 15 is 0 Å². The molecule has 0 saturated carbocycles. The van der Waals surface area contributed by atoms with E-state index < -0.39 is 0 Å². The Hall–Kier alpha value is -1.37. The Morgan fingerprint density at radius 2 is 1.87 bits per heavy atom. The van der Waals surface area contributed by atoms with Crippen LogP contribution in [0.4, 0.5) is 0 Å². The summed E-state index contributed by atoms with van der Waals surface area (Å²) in [4.78, 5) is 11.8. The van der Waals surface area contributed by atoms with E-state index in [1.54, 1.807) is 0 Å². The van der Waals surface area contributed by atoms with Crippen molar-refractivity contribution in [3.63, 3.8) is 0 Å². The number of allylic oxidation sites excluding steroid dienone is 1. The highest BCUT2D eigenvalue weighted by Crippen LogP contribution is 2.13. The van der Waals surface area contributed by atoms with Crippen LogP contribution < -0.4 is 0 Å². The van der Waals surface area contributed by atoms with Gasteiger partial charge in [-0.05, 0) is 18.4 Å². The number of unbranched alkanes of at least 4 members (excludes halogenated alkanes) is 2. The molecule has 0 saturated heterocycles. The van der Waals surface area contributed by atoms with Crippen molar-refractivity contribution in [2.75, 3.05) is 0 Å². The monoisotopic (exact) mass is 202 g/mol. The van der Waals surface area contributed by atoms with Crippen molar-refractivity contribution in [3.8, 4) is 0 Å². The molecule has 0 amide bonds. The number of benzene rings is 1. The van der Waals surface area contributed by atoms with Crippen LogP contribution in [-0.4, -0.2) is 5.78 Å². The summed E-state index contributed by atoms with van der Waals surface area (Å²) in [6.07, 6.45) is 4.23. The molecular weight excluding hydrogens is 184 g/mol. The normalized spacial score (nSPS) is 9.93. The van der Waals surface area contributed by atoms with Crippen molar-refractivity contribution < 1.29 is 4.79 Å². The highest BCUT2D eigenvalue weighted by Gasteiger charge is 2.08. The predicted molar refractivity (Wildman–Crippen MR) is 64.1 cm³/mol. The van der Waals surface area contributed by atoms with Gasteiger partial charge in [-0.2, -0.15) is 0 Å². The van der Waals surface area contributed by atoms with E-state index in [9.17, 15) is 4.79 Å². The van der Waals surface area contributed by atoms with Crippen LogP contribution in [0.5, 0.6) is 0 Å². The summed E-state index contributed by atoms with van der Waals surface area (Å²) in [5, 5.41) is 0.